The van der Waals surface area contributed by atoms with Gasteiger partial charge in [-0.1, -0.05) is 34.8 Å². The fourth-order valence-corrected chi connectivity index (χ4v) is 4.02. The Hall–Kier alpha value is -3.85. The summed E-state index contributed by atoms with van der Waals surface area (Å²) in [4.78, 5) is 50.9. The van der Waals surface area contributed by atoms with E-state index in [1.807, 2.05) is 0 Å². The van der Waals surface area contributed by atoms with Gasteiger partial charge in [0.05, 0.1) is 28.4 Å². The molecule has 0 unspecified atom stereocenters. The molecule has 1 aliphatic rings. The van der Waals surface area contributed by atoms with Gasteiger partial charge in [-0.15, -0.1) is 0 Å². The Kier molecular flexibility index (Phi) is 7.83. The Labute approximate surface area is 226 Å². The molecule has 3 aromatic carbocycles. The summed E-state index contributed by atoms with van der Waals surface area (Å²) in [6, 6.07) is 16.2. The van der Waals surface area contributed by atoms with Crippen LogP contribution in [0.15, 0.2) is 77.5 Å². The molecule has 8 nitrogen and oxygen atoms in total. The highest BCUT2D eigenvalue weighted by Crippen LogP contribution is 2.31. The van der Waals surface area contributed by atoms with E-state index in [9.17, 15) is 19.2 Å². The molecular formula is C26H17Cl3N2O6. The number of rotatable bonds is 7. The topological polar surface area (TPSA) is 102 Å². The van der Waals surface area contributed by atoms with Gasteiger partial charge in [0.15, 0.2) is 0 Å². The fraction of sp³-hybridized carbons (Fsp3) is 0.0769. The number of carbonyl (C=O) groups excluding carboxylic acids is 4. The second-order valence-electron chi connectivity index (χ2n) is 7.57. The van der Waals surface area contributed by atoms with Gasteiger partial charge in [-0.05, 0) is 73.7 Å². The van der Waals surface area contributed by atoms with Crippen LogP contribution in [0.25, 0.3) is 0 Å². The molecule has 0 atom stereocenters. The van der Waals surface area contributed by atoms with Crippen molar-refractivity contribution in [3.8, 4) is 5.75 Å². The number of nitrogens with zero attached hydrogens (tertiary/aromatic N) is 1. The maximum Gasteiger partial charge on any atom is 0.343 e. The third kappa shape index (κ3) is 5.61. The zero-order valence-corrected chi connectivity index (χ0v) is 21.4. The molecule has 4 rings (SSSR count). The number of ether oxygens (including phenoxy) is 2. The first-order valence-corrected chi connectivity index (χ1v) is 11.9. The molecule has 37 heavy (non-hydrogen) atoms. The molecule has 1 N–H and O–H groups in total. The van der Waals surface area contributed by atoms with E-state index >= 15 is 0 Å². The van der Waals surface area contributed by atoms with Crippen molar-refractivity contribution < 1.29 is 28.7 Å². The summed E-state index contributed by atoms with van der Waals surface area (Å²) in [7, 11) is 0. The number of benzene rings is 3. The van der Waals surface area contributed by atoms with E-state index in [-0.39, 0.29) is 44.9 Å². The number of hydrogen-bond donors (Lipinski definition) is 1. The summed E-state index contributed by atoms with van der Waals surface area (Å²) in [5, 5.41) is 3.11. The molecule has 188 valence electrons. The van der Waals surface area contributed by atoms with Crippen molar-refractivity contribution in [2.24, 2.45) is 0 Å². The molecule has 0 saturated carbocycles. The number of imide groups is 1. The lowest BCUT2D eigenvalue weighted by atomic mass is 10.2. The predicted octanol–water partition coefficient (Wildman–Crippen LogP) is 5.83. The largest absolute Gasteiger partial charge is 0.462 e. The van der Waals surface area contributed by atoms with Crippen molar-refractivity contribution in [2.75, 3.05) is 16.8 Å². The van der Waals surface area contributed by atoms with Crippen LogP contribution in [0.1, 0.15) is 27.6 Å². The van der Waals surface area contributed by atoms with Gasteiger partial charge in [0.2, 0.25) is 0 Å². The number of halogens is 3. The van der Waals surface area contributed by atoms with E-state index in [1.54, 1.807) is 13.0 Å². The lowest BCUT2D eigenvalue weighted by molar-refractivity contribution is -0.120. The Morgan fingerprint density at radius 2 is 1.46 bits per heavy atom. The number of nitrogens with one attached hydrogen (secondary N) is 1. The molecule has 0 bridgehead atoms. The van der Waals surface area contributed by atoms with Gasteiger partial charge in [-0.2, -0.15) is 0 Å². The second-order valence-corrected chi connectivity index (χ2v) is 8.79. The van der Waals surface area contributed by atoms with Crippen LogP contribution >= 0.6 is 34.8 Å². The van der Waals surface area contributed by atoms with Gasteiger partial charge in [-0.3, -0.25) is 9.59 Å². The molecule has 11 heteroatoms. The quantitative estimate of drug-likeness (QED) is 0.221. The molecule has 3 aromatic rings. The van der Waals surface area contributed by atoms with Crippen molar-refractivity contribution in [3.05, 3.63) is 98.6 Å². The molecule has 0 aromatic heterocycles. The highest BCUT2D eigenvalue weighted by molar-refractivity contribution is 6.53. The Bertz CT molecular complexity index is 1440. The van der Waals surface area contributed by atoms with Crippen molar-refractivity contribution >= 4 is 69.9 Å². The summed E-state index contributed by atoms with van der Waals surface area (Å²) in [6.45, 7) is 1.91. The van der Waals surface area contributed by atoms with Crippen LogP contribution in [0, 0.1) is 0 Å². The lowest BCUT2D eigenvalue weighted by Crippen LogP contribution is -2.32. The van der Waals surface area contributed by atoms with Crippen molar-refractivity contribution in [3.63, 3.8) is 0 Å². The fourth-order valence-electron chi connectivity index (χ4n) is 3.36. The van der Waals surface area contributed by atoms with Crippen molar-refractivity contribution in [2.45, 2.75) is 6.92 Å². The third-order valence-corrected chi connectivity index (χ3v) is 6.03. The van der Waals surface area contributed by atoms with Gasteiger partial charge in [-0.25, -0.2) is 14.5 Å². The molecule has 1 aliphatic heterocycles. The van der Waals surface area contributed by atoms with Crippen LogP contribution in [-0.2, 0) is 14.3 Å². The van der Waals surface area contributed by atoms with E-state index in [2.05, 4.69) is 5.32 Å². The summed E-state index contributed by atoms with van der Waals surface area (Å²) in [5.74, 6) is -2.42. The summed E-state index contributed by atoms with van der Waals surface area (Å²) < 4.78 is 10.2. The molecule has 0 saturated heterocycles. The van der Waals surface area contributed by atoms with Crippen molar-refractivity contribution in [1.82, 2.24) is 0 Å². The monoisotopic (exact) mass is 558 g/mol. The van der Waals surface area contributed by atoms with Crippen LogP contribution in [0.3, 0.4) is 0 Å². The highest BCUT2D eigenvalue weighted by Gasteiger charge is 2.39. The zero-order chi connectivity index (χ0) is 26.7. The molecule has 0 spiro atoms. The second kappa shape index (κ2) is 11.0. The zero-order valence-electron chi connectivity index (χ0n) is 19.1. The average molecular weight is 560 g/mol. The first kappa shape index (κ1) is 26.2. The Balaban J connectivity index is 1.46. The smallest absolute Gasteiger partial charge is 0.343 e. The average Bonchev–Trinajstić information content (AvgIpc) is 3.09. The minimum Gasteiger partial charge on any atom is -0.462 e. The van der Waals surface area contributed by atoms with E-state index in [0.29, 0.717) is 10.7 Å². The minimum atomic E-state index is -0.724. The number of esters is 2. The van der Waals surface area contributed by atoms with E-state index in [1.165, 1.54) is 60.7 Å². The van der Waals surface area contributed by atoms with Gasteiger partial charge in [0, 0.05) is 10.7 Å². The molecule has 0 fully saturated rings. The number of amides is 2. The lowest BCUT2D eigenvalue weighted by Gasteiger charge is -2.15. The van der Waals surface area contributed by atoms with Crippen LogP contribution in [0.5, 0.6) is 5.75 Å². The first-order chi connectivity index (χ1) is 17.7. The van der Waals surface area contributed by atoms with Crippen molar-refractivity contribution in [1.29, 1.82) is 0 Å². The first-order valence-electron chi connectivity index (χ1n) is 10.8. The van der Waals surface area contributed by atoms with Crippen LogP contribution in [0.4, 0.5) is 11.4 Å². The van der Waals surface area contributed by atoms with E-state index in [4.69, 9.17) is 44.3 Å². The van der Waals surface area contributed by atoms with Crippen LogP contribution in [0.2, 0.25) is 10.0 Å². The van der Waals surface area contributed by atoms with Gasteiger partial charge in [0.25, 0.3) is 11.8 Å². The van der Waals surface area contributed by atoms with Crippen LogP contribution < -0.4 is 15.0 Å². The minimum absolute atomic E-state index is 0.135. The molecule has 0 radical (unpaired) electrons. The maximum absolute atomic E-state index is 13.0. The number of anilines is 2. The molecular weight excluding hydrogens is 543 g/mol. The van der Waals surface area contributed by atoms with Crippen LogP contribution in [-0.4, -0.2) is 30.4 Å². The highest BCUT2D eigenvalue weighted by atomic mass is 35.5. The normalized spacial score (nSPS) is 13.1. The Morgan fingerprint density at radius 3 is 2.08 bits per heavy atom. The standard InChI is InChI=1S/C26H17Cl3N2O6/c1-2-36-25(34)14-5-10-18(11-6-14)31-23(32)21(29)22(24(31)33)30-17-8-3-15(4-9-17)26(35)37-20-12-7-16(27)13-19(20)28/h3-13,30H,2H2,1H3. The van der Waals surface area contributed by atoms with Gasteiger partial charge >= 0.3 is 11.9 Å². The van der Waals surface area contributed by atoms with Gasteiger partial charge < -0.3 is 14.8 Å². The molecule has 2 amide bonds. The summed E-state index contributed by atoms with van der Waals surface area (Å²) >= 11 is 18.1. The maximum atomic E-state index is 13.0. The predicted molar refractivity (Wildman–Crippen MR) is 139 cm³/mol. The Morgan fingerprint density at radius 1 is 0.838 bits per heavy atom. The SMILES string of the molecule is CCOC(=O)c1ccc(N2C(=O)C(Cl)=C(Nc3ccc(C(=O)Oc4ccc(Cl)cc4Cl)cc3)C2=O)cc1. The molecule has 1 heterocycles. The van der Waals surface area contributed by atoms with E-state index in [0.717, 1.165) is 4.90 Å². The molecule has 0 aliphatic carbocycles. The summed E-state index contributed by atoms with van der Waals surface area (Å²) in [6.07, 6.45) is 0. The number of carbonyl (C=O) groups is 4. The van der Waals surface area contributed by atoms with Gasteiger partial charge in [0.1, 0.15) is 16.5 Å². The summed E-state index contributed by atoms with van der Waals surface area (Å²) in [5.41, 5.74) is 0.990. The number of hydrogen-bond acceptors (Lipinski definition) is 7. The third-order valence-electron chi connectivity index (χ3n) is 5.15. The van der Waals surface area contributed by atoms with E-state index < -0.39 is 23.8 Å².